The molecule has 1 aliphatic rings. The van der Waals surface area contributed by atoms with Gasteiger partial charge in [0.25, 0.3) is 0 Å². The molecule has 1 saturated heterocycles. The number of carbonyl (C=O) groups excluding carboxylic acids is 1. The number of fused-ring (bicyclic) bond motifs is 1. The fraction of sp³-hybridized carbons (Fsp3) is 0.261. The number of amides is 1. The molecule has 2 aromatic carbocycles. The Morgan fingerprint density at radius 1 is 1.12 bits per heavy atom. The number of hydrogen-bond acceptors (Lipinski definition) is 6. The summed E-state index contributed by atoms with van der Waals surface area (Å²) < 4.78 is 20.1. The summed E-state index contributed by atoms with van der Waals surface area (Å²) in [5.41, 5.74) is 2.40. The molecule has 0 spiro atoms. The van der Waals surface area contributed by atoms with Crippen LogP contribution in [0, 0.1) is 11.7 Å². The van der Waals surface area contributed by atoms with Gasteiger partial charge in [-0.3, -0.25) is 4.79 Å². The molecule has 32 heavy (non-hydrogen) atoms. The van der Waals surface area contributed by atoms with Crippen LogP contribution in [0.2, 0.25) is 0 Å². The van der Waals surface area contributed by atoms with E-state index in [-0.39, 0.29) is 17.6 Å². The Kier molecular flexibility index (Phi) is 5.48. The molecule has 0 atom stereocenters. The normalized spacial score (nSPS) is 14.6. The third-order valence-corrected chi connectivity index (χ3v) is 6.65. The molecule has 1 aliphatic heterocycles. The zero-order chi connectivity index (χ0) is 22.1. The van der Waals surface area contributed by atoms with Crippen molar-refractivity contribution in [3.8, 4) is 17.0 Å². The lowest BCUT2D eigenvalue weighted by molar-refractivity contribution is -0.120. The SMILES string of the molecule is COc1ccc(NC(=O)C2CCN(c3nn4cc(-c5ccc(F)cc5)nc4s3)CC2)cc1. The molecule has 7 nitrogen and oxygen atoms in total. The van der Waals surface area contributed by atoms with Crippen molar-refractivity contribution in [3.05, 3.63) is 60.5 Å². The third kappa shape index (κ3) is 4.16. The molecule has 1 N–H and O–H groups in total. The highest BCUT2D eigenvalue weighted by Gasteiger charge is 2.27. The Hall–Kier alpha value is -3.46. The average Bonchev–Trinajstić information content (AvgIpc) is 3.40. The van der Waals surface area contributed by atoms with Crippen LogP contribution < -0.4 is 15.0 Å². The number of nitrogens with one attached hydrogen (secondary N) is 1. The number of halogens is 1. The summed E-state index contributed by atoms with van der Waals surface area (Å²) in [6, 6.07) is 13.6. The van der Waals surface area contributed by atoms with E-state index in [1.807, 2.05) is 30.5 Å². The summed E-state index contributed by atoms with van der Waals surface area (Å²) in [7, 11) is 1.62. The van der Waals surface area contributed by atoms with Gasteiger partial charge in [-0.1, -0.05) is 11.3 Å². The number of imidazole rings is 1. The monoisotopic (exact) mass is 451 g/mol. The van der Waals surface area contributed by atoms with Gasteiger partial charge in [0, 0.05) is 30.3 Å². The second-order valence-electron chi connectivity index (χ2n) is 7.72. The highest BCUT2D eigenvalue weighted by atomic mass is 32.1. The lowest BCUT2D eigenvalue weighted by Crippen LogP contribution is -2.38. The van der Waals surface area contributed by atoms with Crippen LogP contribution in [-0.2, 0) is 4.79 Å². The minimum Gasteiger partial charge on any atom is -0.497 e. The largest absolute Gasteiger partial charge is 0.497 e. The van der Waals surface area contributed by atoms with Crippen LogP contribution in [0.15, 0.2) is 54.7 Å². The number of carbonyl (C=O) groups is 1. The van der Waals surface area contributed by atoms with Crippen molar-refractivity contribution in [1.29, 1.82) is 0 Å². The van der Waals surface area contributed by atoms with Crippen molar-refractivity contribution in [2.24, 2.45) is 5.92 Å². The van der Waals surface area contributed by atoms with E-state index in [1.54, 1.807) is 23.8 Å². The number of piperidine rings is 1. The van der Waals surface area contributed by atoms with E-state index in [1.165, 1.54) is 23.5 Å². The number of rotatable bonds is 5. The van der Waals surface area contributed by atoms with E-state index >= 15 is 0 Å². The summed E-state index contributed by atoms with van der Waals surface area (Å²) in [5, 5.41) is 8.56. The van der Waals surface area contributed by atoms with E-state index in [9.17, 15) is 9.18 Å². The second-order valence-corrected chi connectivity index (χ2v) is 8.66. The standard InChI is InChI=1S/C23H22FN5O2S/c1-31-19-8-6-18(7-9-19)25-21(30)16-10-12-28(13-11-16)23-27-29-14-20(26-22(29)32-23)15-2-4-17(24)5-3-15/h2-9,14,16H,10-13H2,1H3,(H,25,30). The molecule has 4 aromatic rings. The zero-order valence-electron chi connectivity index (χ0n) is 17.5. The van der Waals surface area contributed by atoms with Crippen LogP contribution in [0.1, 0.15) is 12.8 Å². The van der Waals surface area contributed by atoms with Crippen molar-refractivity contribution in [1.82, 2.24) is 14.6 Å². The molecule has 0 saturated carbocycles. The van der Waals surface area contributed by atoms with Gasteiger partial charge >= 0.3 is 0 Å². The number of anilines is 2. The lowest BCUT2D eigenvalue weighted by atomic mass is 9.96. The van der Waals surface area contributed by atoms with E-state index in [4.69, 9.17) is 4.74 Å². The van der Waals surface area contributed by atoms with Gasteiger partial charge in [0.05, 0.1) is 19.0 Å². The van der Waals surface area contributed by atoms with Crippen LogP contribution in [0.4, 0.5) is 15.2 Å². The molecule has 164 valence electrons. The first-order chi connectivity index (χ1) is 15.6. The Balaban J connectivity index is 1.20. The molecular weight excluding hydrogens is 429 g/mol. The van der Waals surface area contributed by atoms with Gasteiger partial charge in [0.2, 0.25) is 16.0 Å². The third-order valence-electron chi connectivity index (χ3n) is 5.67. The van der Waals surface area contributed by atoms with Gasteiger partial charge in [-0.15, -0.1) is 5.10 Å². The van der Waals surface area contributed by atoms with Crippen LogP contribution in [0.5, 0.6) is 5.75 Å². The van der Waals surface area contributed by atoms with Crippen molar-refractivity contribution in [2.75, 3.05) is 30.4 Å². The molecule has 0 aliphatic carbocycles. The number of methoxy groups -OCH3 is 1. The van der Waals surface area contributed by atoms with E-state index in [2.05, 4.69) is 20.3 Å². The van der Waals surface area contributed by atoms with E-state index in [0.29, 0.717) is 0 Å². The molecule has 1 amide bonds. The Morgan fingerprint density at radius 3 is 2.50 bits per heavy atom. The number of hydrogen-bond donors (Lipinski definition) is 1. The van der Waals surface area contributed by atoms with Crippen molar-refractivity contribution < 1.29 is 13.9 Å². The lowest BCUT2D eigenvalue weighted by Gasteiger charge is -2.30. The Morgan fingerprint density at radius 2 is 1.84 bits per heavy atom. The Bertz CT molecular complexity index is 1200. The van der Waals surface area contributed by atoms with Gasteiger partial charge in [-0.25, -0.2) is 13.9 Å². The molecule has 2 aromatic heterocycles. The topological polar surface area (TPSA) is 71.8 Å². The van der Waals surface area contributed by atoms with Gasteiger partial charge in [-0.2, -0.15) is 0 Å². The van der Waals surface area contributed by atoms with Crippen LogP contribution in [0.3, 0.4) is 0 Å². The maximum atomic E-state index is 13.1. The first-order valence-corrected chi connectivity index (χ1v) is 11.2. The molecule has 1 fully saturated rings. The van der Waals surface area contributed by atoms with Gasteiger partial charge in [0.15, 0.2) is 0 Å². The summed E-state index contributed by atoms with van der Waals surface area (Å²) in [4.78, 5) is 20.3. The fourth-order valence-electron chi connectivity index (χ4n) is 3.83. The summed E-state index contributed by atoms with van der Waals surface area (Å²) in [5.74, 6) is 0.516. The number of ether oxygens (including phenoxy) is 1. The van der Waals surface area contributed by atoms with Crippen LogP contribution >= 0.6 is 11.3 Å². The first kappa shape index (κ1) is 20.4. The predicted octanol–water partition coefficient (Wildman–Crippen LogP) is 4.46. The zero-order valence-corrected chi connectivity index (χ0v) is 18.3. The molecule has 3 heterocycles. The maximum absolute atomic E-state index is 13.1. The molecule has 0 bridgehead atoms. The fourth-order valence-corrected chi connectivity index (χ4v) is 4.76. The summed E-state index contributed by atoms with van der Waals surface area (Å²) >= 11 is 1.52. The van der Waals surface area contributed by atoms with Crippen molar-refractivity contribution in [2.45, 2.75) is 12.8 Å². The molecular formula is C23H22FN5O2S. The van der Waals surface area contributed by atoms with E-state index < -0.39 is 0 Å². The van der Waals surface area contributed by atoms with Crippen LogP contribution in [0.25, 0.3) is 16.2 Å². The van der Waals surface area contributed by atoms with E-state index in [0.717, 1.165) is 58.7 Å². The van der Waals surface area contributed by atoms with Crippen LogP contribution in [-0.4, -0.2) is 40.7 Å². The van der Waals surface area contributed by atoms with Gasteiger partial charge < -0.3 is 15.0 Å². The van der Waals surface area contributed by atoms with Gasteiger partial charge in [-0.05, 0) is 61.4 Å². The smallest absolute Gasteiger partial charge is 0.227 e. The molecule has 0 radical (unpaired) electrons. The minimum atomic E-state index is -0.267. The number of nitrogens with zero attached hydrogens (tertiary/aromatic N) is 4. The van der Waals surface area contributed by atoms with Crippen molar-refractivity contribution >= 4 is 33.0 Å². The van der Waals surface area contributed by atoms with Gasteiger partial charge in [0.1, 0.15) is 11.6 Å². The average molecular weight is 452 g/mol. The number of aromatic nitrogens is 3. The molecule has 5 rings (SSSR count). The Labute approximate surface area is 188 Å². The highest BCUT2D eigenvalue weighted by molar-refractivity contribution is 7.20. The minimum absolute atomic E-state index is 0.0255. The second kappa shape index (κ2) is 8.58. The molecule has 9 heteroatoms. The summed E-state index contributed by atoms with van der Waals surface area (Å²) in [6.45, 7) is 1.53. The van der Waals surface area contributed by atoms with Crippen molar-refractivity contribution in [3.63, 3.8) is 0 Å². The predicted molar refractivity (Wildman–Crippen MR) is 123 cm³/mol. The maximum Gasteiger partial charge on any atom is 0.227 e. The summed E-state index contributed by atoms with van der Waals surface area (Å²) in [6.07, 6.45) is 3.40. The highest BCUT2D eigenvalue weighted by Crippen LogP contribution is 2.30. The molecule has 0 unspecified atom stereocenters. The quantitative estimate of drug-likeness (QED) is 0.485. The number of benzene rings is 2. The first-order valence-electron chi connectivity index (χ1n) is 10.4.